The van der Waals surface area contributed by atoms with Crippen molar-refractivity contribution in [3.8, 4) is 134 Å². The van der Waals surface area contributed by atoms with Crippen molar-refractivity contribution in [3.63, 3.8) is 0 Å². The molecule has 0 aliphatic rings. The lowest BCUT2D eigenvalue weighted by Crippen LogP contribution is -1.99. The number of nitrogens with two attached hydrogens (primary N) is 1. The fourth-order valence-electron chi connectivity index (χ4n) is 17.0. The predicted molar refractivity (Wildman–Crippen MR) is 554 cm³/mol. The molecule has 0 amide bonds. The summed E-state index contributed by atoms with van der Waals surface area (Å²) in [5.74, 6) is -1.34. The van der Waals surface area contributed by atoms with Gasteiger partial charge in [0.2, 0.25) is 0 Å². The van der Waals surface area contributed by atoms with Gasteiger partial charge in [-0.25, -0.2) is 79.9 Å². The van der Waals surface area contributed by atoms with Crippen LogP contribution in [0.5, 0.6) is 0 Å². The summed E-state index contributed by atoms with van der Waals surface area (Å²) >= 11 is 24.0. The highest BCUT2D eigenvalue weighted by atomic mass is 35.5. The van der Waals surface area contributed by atoms with E-state index in [0.29, 0.717) is 60.5 Å². The quantitative estimate of drug-likeness (QED) is 0.111. The van der Waals surface area contributed by atoms with Crippen LogP contribution in [0.1, 0.15) is 39.5 Å². The van der Waals surface area contributed by atoms with Crippen LogP contribution in [0.2, 0.25) is 20.1 Å². The van der Waals surface area contributed by atoms with Gasteiger partial charge >= 0.3 is 0 Å². The van der Waals surface area contributed by atoms with Gasteiger partial charge < -0.3 is 10.1 Å². The number of rotatable bonds is 12. The third-order valence-corrected chi connectivity index (χ3v) is 25.2. The lowest BCUT2D eigenvalue weighted by atomic mass is 9.97. The van der Waals surface area contributed by atoms with Gasteiger partial charge in [-0.2, -0.15) is 20.4 Å². The lowest BCUT2D eigenvalue weighted by Gasteiger charge is -2.13. The van der Waals surface area contributed by atoms with E-state index in [1.807, 2.05) is 199 Å². The van der Waals surface area contributed by atoms with Crippen molar-refractivity contribution in [1.29, 1.82) is 0 Å². The maximum atomic E-state index is 14.3. The summed E-state index contributed by atoms with van der Waals surface area (Å²) in [6.07, 6.45) is 25.3. The third-order valence-electron chi connectivity index (χ3n) is 24.1. The molecule has 33 heteroatoms. The minimum absolute atomic E-state index is 0.0448. The molecule has 0 atom stereocenters. The number of halogens is 9. The largest absolute Gasteiger partial charge is 0.383 e. The smallest absolute Gasteiger partial charge is 0.164 e. The van der Waals surface area contributed by atoms with E-state index >= 15 is 0 Å². The van der Waals surface area contributed by atoms with Crippen molar-refractivity contribution in [1.82, 2.24) is 113 Å². The average Bonchev–Trinajstić information content (AvgIpc) is 1.48. The molecule has 706 valence electrons. The molecule has 24 rings (SSSR count). The van der Waals surface area contributed by atoms with E-state index in [-0.39, 0.29) is 27.5 Å². The second-order valence-electron chi connectivity index (χ2n) is 33.1. The van der Waals surface area contributed by atoms with Crippen LogP contribution in [0.25, 0.3) is 174 Å². The molecule has 0 saturated heterocycles. The van der Waals surface area contributed by atoms with Crippen LogP contribution in [0.4, 0.5) is 27.8 Å². The van der Waals surface area contributed by atoms with Crippen molar-refractivity contribution >= 4 is 91.5 Å². The monoisotopic (exact) mass is 1980 g/mol. The topological polar surface area (TPSA) is 280 Å². The lowest BCUT2D eigenvalue weighted by molar-refractivity contribution is 0.618. The molecule has 6 aromatic carbocycles. The Morgan fingerprint density at radius 1 is 0.250 bits per heavy atom. The molecule has 0 aliphatic carbocycles. The minimum Gasteiger partial charge on any atom is -0.383 e. The standard InChI is InChI=1S/C20H16FN3.C19H15FN4.C18H11ClFN5.2C18H12ClFN4.C18H13ClN4/c1-13-11-19-22-8-9-24(19)12-17(13)16-4-3-7-23-20(16)15-5-6-18(21)14(2)10-15;1-12-10-14(5-7-17(12)20)19-16(4-3-9-21-19)15-6-8-18-22-11-23-24(18)13(15)2;19-14-7-10(3-4-15(14)20)16-12(2-1-5-22-16)11-6-13-17(21)24-9-25-18(13)23-8-11;1-11-13(5-7-17-22-10-23-24(11)17)14-3-2-8-21-18(14)15-9-12(19)4-6-16(15)20;1-11-13(5-7-17-22-10-23-24(11)17)14-3-2-8-21-18(14)12-4-6-16(20)15(19)9-12;1-12-15(7-8-17-21-11-22-23(12)17)16-6-3-9-20-18(16)13-4-2-5-14(19)10-13/h3-12H,1-2H3;3-11H,1-2H3;1-9H,(H2,21,23,24,25);2*2-10H,1H3;2-11H,1H3. The highest BCUT2D eigenvalue weighted by Crippen LogP contribution is 2.42. The van der Waals surface area contributed by atoms with E-state index < -0.39 is 11.6 Å². The van der Waals surface area contributed by atoms with Crippen LogP contribution in [-0.4, -0.2) is 113 Å². The molecule has 0 radical (unpaired) electrons. The molecule has 18 aromatic heterocycles. The number of nitrogen functional groups attached to an aromatic ring is 1. The fraction of sp³-hybridized carbons (Fsp3) is 0.0631. The van der Waals surface area contributed by atoms with Gasteiger partial charge in [0.1, 0.15) is 72.2 Å². The number of hydrogen-bond donors (Lipinski definition) is 1. The Morgan fingerprint density at radius 2 is 0.625 bits per heavy atom. The highest BCUT2D eigenvalue weighted by molar-refractivity contribution is 6.32. The first kappa shape index (κ1) is 95.4. The molecule has 2 N–H and O–H groups in total. The number of nitrogens with zero attached hydrogens (tertiary/aromatic N) is 23. The van der Waals surface area contributed by atoms with E-state index in [0.717, 1.165) is 168 Å². The molecule has 0 bridgehead atoms. The number of pyridine rings is 12. The first-order valence-electron chi connectivity index (χ1n) is 44.8. The number of aromatic nitrogens is 23. The molecular weight excluding hydrogens is 1910 g/mol. The average molecular weight is 1990 g/mol. The van der Waals surface area contributed by atoms with Gasteiger partial charge in [-0.15, -0.1) is 0 Å². The van der Waals surface area contributed by atoms with E-state index in [1.54, 1.807) is 128 Å². The first-order valence-corrected chi connectivity index (χ1v) is 46.3. The predicted octanol–water partition coefficient (Wildman–Crippen LogP) is 26.7. The summed E-state index contributed by atoms with van der Waals surface area (Å²) < 4.78 is 77.7. The van der Waals surface area contributed by atoms with Gasteiger partial charge in [0.25, 0.3) is 0 Å². The molecule has 144 heavy (non-hydrogen) atoms. The maximum absolute atomic E-state index is 14.3. The van der Waals surface area contributed by atoms with E-state index in [1.165, 1.54) is 55.4 Å². The van der Waals surface area contributed by atoms with Crippen molar-refractivity contribution in [2.24, 2.45) is 0 Å². The van der Waals surface area contributed by atoms with E-state index in [4.69, 9.17) is 52.1 Å². The normalized spacial score (nSPS) is 11.1. The Bertz CT molecular complexity index is 8680. The molecule has 0 aliphatic heterocycles. The molecule has 24 aromatic rings. The van der Waals surface area contributed by atoms with Gasteiger partial charge in [0, 0.05) is 195 Å². The second-order valence-corrected chi connectivity index (χ2v) is 34.8. The molecule has 0 fully saturated rings. The number of anilines is 1. The Balaban J connectivity index is 0.000000109. The zero-order valence-corrected chi connectivity index (χ0v) is 80.6. The van der Waals surface area contributed by atoms with Crippen LogP contribution < -0.4 is 5.73 Å². The van der Waals surface area contributed by atoms with Crippen LogP contribution in [0.15, 0.2) is 342 Å². The second kappa shape index (κ2) is 41.9. The first-order chi connectivity index (χ1) is 69.9. The number of hydrogen-bond acceptors (Lipinski definition) is 19. The minimum atomic E-state index is -0.472. The Morgan fingerprint density at radius 3 is 1.05 bits per heavy atom. The summed E-state index contributed by atoms with van der Waals surface area (Å²) in [5.41, 5.74) is 37.4. The Hall–Kier alpha value is -17.5. The van der Waals surface area contributed by atoms with Crippen molar-refractivity contribution in [2.45, 2.75) is 48.5 Å². The molecule has 0 spiro atoms. The summed E-state index contributed by atoms with van der Waals surface area (Å²) in [6.45, 7) is 13.6. The van der Waals surface area contributed by atoms with E-state index in [2.05, 4.69) is 121 Å². The summed E-state index contributed by atoms with van der Waals surface area (Å²) in [5, 5.41) is 19.0. The van der Waals surface area contributed by atoms with Gasteiger partial charge in [-0.1, -0.05) is 94.9 Å². The molecular formula is C111H79Cl4F5N24. The zero-order chi connectivity index (χ0) is 99.9. The molecule has 24 nitrogen and oxygen atoms in total. The van der Waals surface area contributed by atoms with Crippen LogP contribution in [0.3, 0.4) is 0 Å². The number of benzene rings is 6. The number of fused-ring (bicyclic) bond motifs is 6. The van der Waals surface area contributed by atoms with Crippen molar-refractivity contribution in [2.75, 3.05) is 5.73 Å². The van der Waals surface area contributed by atoms with Crippen LogP contribution in [-0.2, 0) is 0 Å². The summed E-state index contributed by atoms with van der Waals surface area (Å²) in [6, 6.07) is 74.3. The maximum Gasteiger partial charge on any atom is 0.164 e. The third kappa shape index (κ3) is 19.9. The van der Waals surface area contributed by atoms with Gasteiger partial charge in [-0.3, -0.25) is 29.9 Å². The van der Waals surface area contributed by atoms with E-state index in [9.17, 15) is 22.0 Å². The molecule has 18 heterocycles. The van der Waals surface area contributed by atoms with Gasteiger partial charge in [0.05, 0.1) is 49.6 Å². The number of aryl methyl sites for hydroxylation is 7. The van der Waals surface area contributed by atoms with Crippen molar-refractivity contribution < 1.29 is 22.0 Å². The van der Waals surface area contributed by atoms with Crippen molar-refractivity contribution in [3.05, 3.63) is 431 Å². The Labute approximate surface area is 839 Å². The van der Waals surface area contributed by atoms with Gasteiger partial charge in [-0.05, 0) is 265 Å². The summed E-state index contributed by atoms with van der Waals surface area (Å²) in [7, 11) is 0. The Kier molecular flexibility index (Phi) is 27.7. The van der Waals surface area contributed by atoms with Crippen LogP contribution >= 0.6 is 46.4 Å². The zero-order valence-electron chi connectivity index (χ0n) is 77.6. The number of imidazole rings is 1. The van der Waals surface area contributed by atoms with Crippen LogP contribution in [0, 0.1) is 77.6 Å². The van der Waals surface area contributed by atoms with Gasteiger partial charge in [0.15, 0.2) is 28.2 Å². The molecule has 0 saturated carbocycles. The fourth-order valence-corrected chi connectivity index (χ4v) is 17.7. The molecule has 0 unspecified atom stereocenters. The summed E-state index contributed by atoms with van der Waals surface area (Å²) in [4.78, 5) is 60.5. The highest BCUT2D eigenvalue weighted by Gasteiger charge is 2.23. The SMILES string of the molecule is Cc1c(-c2cccnc2-c2cc(Cl)ccc2F)ccc2ncnn12.Cc1c(-c2cccnc2-c2ccc(F)c(Cl)c2)ccc2ncnn12.Cc1c(-c2cccnc2-c2cccc(Cl)c2)ccc2ncnn12.Cc1cc(-c2ncccc2-c2ccc3ncnn3c2C)ccc1F.Cc1cc(-c2ncccc2-c2cn3ccnc3cc2C)ccc1F.Nc1ncnc2ncc(-c3cccnc3-c3ccc(F)c(Cl)c3)cc12.